The van der Waals surface area contributed by atoms with Crippen LogP contribution in [0.4, 0.5) is 5.82 Å². The molecule has 1 aliphatic heterocycles. The van der Waals surface area contributed by atoms with Gasteiger partial charge in [0.1, 0.15) is 17.3 Å². The van der Waals surface area contributed by atoms with Gasteiger partial charge in [0.15, 0.2) is 11.5 Å². The summed E-state index contributed by atoms with van der Waals surface area (Å²) < 4.78 is 16.8. The average molecular weight is 427 g/mol. The van der Waals surface area contributed by atoms with E-state index in [9.17, 15) is 4.79 Å². The number of ether oxygens (including phenoxy) is 3. The minimum Gasteiger partial charge on any atom is -0.496 e. The van der Waals surface area contributed by atoms with Crippen molar-refractivity contribution < 1.29 is 19.0 Å². The van der Waals surface area contributed by atoms with Crippen molar-refractivity contribution in [1.82, 2.24) is 14.9 Å². The van der Waals surface area contributed by atoms with Crippen molar-refractivity contribution in [2.45, 2.75) is 38.5 Å². The van der Waals surface area contributed by atoms with Gasteiger partial charge in [-0.25, -0.2) is 9.97 Å². The number of methoxy groups -OCH3 is 2. The highest BCUT2D eigenvalue weighted by Gasteiger charge is 2.38. The highest BCUT2D eigenvalue weighted by Crippen LogP contribution is 2.45. The van der Waals surface area contributed by atoms with Crippen molar-refractivity contribution in [3.05, 3.63) is 35.8 Å². The van der Waals surface area contributed by atoms with Crippen molar-refractivity contribution >= 4 is 11.7 Å². The number of piperidine rings is 1. The number of likely N-dealkylation sites (tertiary alicyclic amines) is 1. The van der Waals surface area contributed by atoms with Crippen molar-refractivity contribution in [2.75, 3.05) is 39.6 Å². The van der Waals surface area contributed by atoms with E-state index in [2.05, 4.69) is 16.9 Å². The molecule has 0 aromatic carbocycles. The Labute approximate surface area is 182 Å². The first-order valence-electron chi connectivity index (χ1n) is 10.7. The fraction of sp³-hybridized carbons (Fsp3) is 0.522. The van der Waals surface area contributed by atoms with Gasteiger partial charge in [-0.1, -0.05) is 6.92 Å². The maximum Gasteiger partial charge on any atom is 0.272 e. The minimum absolute atomic E-state index is 0.0974. The predicted octanol–water partition coefficient (Wildman–Crippen LogP) is 3.27. The van der Waals surface area contributed by atoms with Crippen LogP contribution in [0, 0.1) is 5.41 Å². The normalized spacial score (nSPS) is 17.8. The lowest BCUT2D eigenvalue weighted by molar-refractivity contribution is 0.0706. The average Bonchev–Trinajstić information content (AvgIpc) is 3.54. The second kappa shape index (κ2) is 8.61. The highest BCUT2D eigenvalue weighted by molar-refractivity contribution is 5.93. The van der Waals surface area contributed by atoms with Gasteiger partial charge in [-0.2, -0.15) is 0 Å². The molecule has 1 saturated heterocycles. The van der Waals surface area contributed by atoms with E-state index in [1.807, 2.05) is 4.90 Å². The van der Waals surface area contributed by atoms with Crippen LogP contribution < -0.4 is 19.9 Å². The Morgan fingerprint density at radius 2 is 1.81 bits per heavy atom. The molecule has 2 aliphatic rings. The number of nitrogens with zero attached hydrogens (tertiary/aromatic N) is 3. The molecule has 4 rings (SSSR count). The molecule has 1 aliphatic carbocycles. The molecule has 0 radical (unpaired) electrons. The first kappa shape index (κ1) is 21.2. The summed E-state index contributed by atoms with van der Waals surface area (Å²) in [5.41, 5.74) is 7.43. The van der Waals surface area contributed by atoms with E-state index in [0.717, 1.165) is 24.2 Å². The molecule has 0 spiro atoms. The van der Waals surface area contributed by atoms with Crippen LogP contribution in [0.5, 0.6) is 17.2 Å². The van der Waals surface area contributed by atoms with Crippen LogP contribution in [0.1, 0.15) is 54.6 Å². The van der Waals surface area contributed by atoms with Gasteiger partial charge in [-0.3, -0.25) is 4.79 Å². The summed E-state index contributed by atoms with van der Waals surface area (Å²) >= 11 is 0. The number of aromatic nitrogens is 2. The largest absolute Gasteiger partial charge is 0.496 e. The number of nitrogen functional groups attached to an aromatic ring is 1. The van der Waals surface area contributed by atoms with Crippen molar-refractivity contribution in [3.8, 4) is 17.2 Å². The van der Waals surface area contributed by atoms with E-state index in [4.69, 9.17) is 19.9 Å². The summed E-state index contributed by atoms with van der Waals surface area (Å²) in [4.78, 5) is 23.4. The van der Waals surface area contributed by atoms with Gasteiger partial charge in [-0.15, -0.1) is 0 Å². The van der Waals surface area contributed by atoms with Crippen molar-refractivity contribution in [2.24, 2.45) is 5.41 Å². The Hall–Kier alpha value is -3.03. The van der Waals surface area contributed by atoms with Gasteiger partial charge in [0, 0.05) is 42.4 Å². The number of amides is 1. The van der Waals surface area contributed by atoms with Gasteiger partial charge in [0.25, 0.3) is 5.91 Å². The van der Waals surface area contributed by atoms with Crippen molar-refractivity contribution in [1.29, 1.82) is 0 Å². The molecule has 2 fully saturated rings. The Morgan fingerprint density at radius 1 is 1.10 bits per heavy atom. The van der Waals surface area contributed by atoms with Crippen LogP contribution in [0.2, 0.25) is 0 Å². The summed E-state index contributed by atoms with van der Waals surface area (Å²) in [6.07, 6.45) is 7.37. The maximum atomic E-state index is 13.0. The zero-order valence-corrected chi connectivity index (χ0v) is 18.4. The minimum atomic E-state index is -0.0974. The summed E-state index contributed by atoms with van der Waals surface area (Å²) in [5.74, 6) is 2.48. The molecule has 2 aromatic rings. The number of hydrogen-bond acceptors (Lipinski definition) is 7. The lowest BCUT2D eigenvalue weighted by atomic mass is 9.89. The van der Waals surface area contributed by atoms with Crippen LogP contribution in [0.3, 0.4) is 0 Å². The molecule has 3 heterocycles. The predicted molar refractivity (Wildman–Crippen MR) is 117 cm³/mol. The second-order valence-corrected chi connectivity index (χ2v) is 8.74. The summed E-state index contributed by atoms with van der Waals surface area (Å²) in [6.45, 7) is 4.11. The molecule has 1 saturated carbocycles. The quantitative estimate of drug-likeness (QED) is 0.725. The first-order chi connectivity index (χ1) is 14.9. The highest BCUT2D eigenvalue weighted by atomic mass is 16.5. The van der Waals surface area contributed by atoms with Gasteiger partial charge < -0.3 is 24.8 Å². The Morgan fingerprint density at radius 3 is 2.45 bits per heavy atom. The lowest BCUT2D eigenvalue weighted by Gasteiger charge is -2.32. The molecule has 166 valence electrons. The molecule has 2 aromatic heterocycles. The van der Waals surface area contributed by atoms with Crippen LogP contribution in [-0.4, -0.2) is 54.7 Å². The third-order valence-electron chi connectivity index (χ3n) is 6.31. The smallest absolute Gasteiger partial charge is 0.272 e. The SMILES string of the molecule is COc1cc(C(=O)N2CCC(c3cnc(N)cc3OC)CC2)ncc1OCC1(C)CC1. The number of rotatable bonds is 7. The second-order valence-electron chi connectivity index (χ2n) is 8.74. The number of pyridine rings is 2. The topological polar surface area (TPSA) is 99.8 Å². The van der Waals surface area contributed by atoms with E-state index in [0.29, 0.717) is 42.7 Å². The monoisotopic (exact) mass is 426 g/mol. The van der Waals surface area contributed by atoms with E-state index in [-0.39, 0.29) is 17.2 Å². The standard InChI is InChI=1S/C23H30N4O4/c1-23(6-7-23)14-31-20-13-25-17(10-19(20)30-3)22(28)27-8-4-15(5-9-27)16-12-26-21(24)11-18(16)29-2/h10-13,15H,4-9,14H2,1-3H3,(H2,24,26). The molecular formula is C23H30N4O4. The van der Waals surface area contributed by atoms with Gasteiger partial charge in [-0.05, 0) is 31.6 Å². The Kier molecular flexibility index (Phi) is 5.89. The zero-order chi connectivity index (χ0) is 22.0. The van der Waals surface area contributed by atoms with E-state index in [1.165, 1.54) is 12.8 Å². The summed E-state index contributed by atoms with van der Waals surface area (Å²) in [7, 11) is 3.21. The van der Waals surface area contributed by atoms with Gasteiger partial charge >= 0.3 is 0 Å². The number of anilines is 1. The van der Waals surface area contributed by atoms with E-state index in [1.54, 1.807) is 38.7 Å². The molecule has 1 amide bonds. The van der Waals surface area contributed by atoms with E-state index < -0.39 is 0 Å². The zero-order valence-electron chi connectivity index (χ0n) is 18.4. The van der Waals surface area contributed by atoms with E-state index >= 15 is 0 Å². The number of hydrogen-bond donors (Lipinski definition) is 1. The molecular weight excluding hydrogens is 396 g/mol. The third kappa shape index (κ3) is 4.68. The number of carbonyl (C=O) groups is 1. The fourth-order valence-electron chi connectivity index (χ4n) is 3.92. The molecule has 8 heteroatoms. The van der Waals surface area contributed by atoms with Crippen LogP contribution in [0.25, 0.3) is 0 Å². The van der Waals surface area contributed by atoms with Crippen LogP contribution in [-0.2, 0) is 0 Å². The van der Waals surface area contributed by atoms with Crippen molar-refractivity contribution in [3.63, 3.8) is 0 Å². The van der Waals surface area contributed by atoms with Gasteiger partial charge in [0.05, 0.1) is 27.0 Å². The molecule has 0 atom stereocenters. The number of nitrogens with two attached hydrogens (primary N) is 1. The summed E-state index contributed by atoms with van der Waals surface area (Å²) in [5, 5.41) is 0. The van der Waals surface area contributed by atoms with Crippen LogP contribution >= 0.6 is 0 Å². The molecule has 8 nitrogen and oxygen atoms in total. The lowest BCUT2D eigenvalue weighted by Crippen LogP contribution is -2.38. The molecule has 31 heavy (non-hydrogen) atoms. The number of carbonyl (C=O) groups excluding carboxylic acids is 1. The Bertz CT molecular complexity index is 953. The third-order valence-corrected chi connectivity index (χ3v) is 6.31. The Balaban J connectivity index is 1.40. The summed E-state index contributed by atoms with van der Waals surface area (Å²) in [6, 6.07) is 3.42. The maximum absolute atomic E-state index is 13.0. The fourth-order valence-corrected chi connectivity index (χ4v) is 3.92. The molecule has 0 bridgehead atoms. The van der Waals surface area contributed by atoms with Gasteiger partial charge in [0.2, 0.25) is 0 Å². The first-order valence-corrected chi connectivity index (χ1v) is 10.7. The van der Waals surface area contributed by atoms with Crippen LogP contribution in [0.15, 0.2) is 24.5 Å². The molecule has 2 N–H and O–H groups in total. The molecule has 0 unspecified atom stereocenters.